The van der Waals surface area contributed by atoms with Crippen LogP contribution in [0.15, 0.2) is 54.1 Å². The lowest BCUT2D eigenvalue weighted by Crippen LogP contribution is -2.35. The molecule has 1 saturated heterocycles. The molecule has 1 saturated carbocycles. The van der Waals surface area contributed by atoms with Gasteiger partial charge in [0.1, 0.15) is 0 Å². The number of nitrogens with one attached hydrogen (secondary N) is 1. The van der Waals surface area contributed by atoms with Crippen molar-refractivity contribution in [1.82, 2.24) is 5.32 Å². The molecule has 1 atom stereocenters. The van der Waals surface area contributed by atoms with Gasteiger partial charge in [0.15, 0.2) is 11.5 Å². The third kappa shape index (κ3) is 4.22. The van der Waals surface area contributed by atoms with Gasteiger partial charge < -0.3 is 14.8 Å². The summed E-state index contributed by atoms with van der Waals surface area (Å²) < 4.78 is 11.8. The highest BCUT2D eigenvalue weighted by Crippen LogP contribution is 2.36. The molecule has 2 aromatic carbocycles. The molecule has 2 aromatic rings. The zero-order valence-electron chi connectivity index (χ0n) is 16.3. The molecule has 1 unspecified atom stereocenters. The van der Waals surface area contributed by atoms with Crippen LogP contribution in [0, 0.1) is 0 Å². The normalized spacial score (nSPS) is 21.5. The minimum atomic E-state index is 0.0241. The standard InChI is InChI=1S/C24H27NO3/c1-27-22-12-11-18(15-23(22)28-21-9-5-6-10-21)20-14-19(24(26)25-16-20)13-17-7-3-2-4-8-17/h2-4,7-8,11-13,15,20-21H,5-6,9-10,14,16H2,1H3,(H,25,26). The van der Waals surface area contributed by atoms with Gasteiger partial charge in [-0.3, -0.25) is 4.79 Å². The van der Waals surface area contributed by atoms with E-state index in [1.807, 2.05) is 42.5 Å². The van der Waals surface area contributed by atoms with Crippen molar-refractivity contribution in [2.75, 3.05) is 13.7 Å². The Morgan fingerprint density at radius 2 is 1.82 bits per heavy atom. The van der Waals surface area contributed by atoms with Crippen molar-refractivity contribution in [2.24, 2.45) is 0 Å². The lowest BCUT2D eigenvalue weighted by molar-refractivity contribution is -0.118. The summed E-state index contributed by atoms with van der Waals surface area (Å²) in [7, 11) is 1.68. The predicted molar refractivity (Wildman–Crippen MR) is 111 cm³/mol. The second kappa shape index (κ2) is 8.51. The molecule has 4 heteroatoms. The average molecular weight is 377 g/mol. The number of piperidine rings is 1. The Kier molecular flexibility index (Phi) is 5.65. The first-order valence-corrected chi connectivity index (χ1v) is 10.1. The number of ether oxygens (including phenoxy) is 2. The van der Waals surface area contributed by atoms with Crippen molar-refractivity contribution in [3.63, 3.8) is 0 Å². The largest absolute Gasteiger partial charge is 0.493 e. The second-order valence-corrected chi connectivity index (χ2v) is 7.63. The molecule has 4 rings (SSSR count). The number of benzene rings is 2. The minimum Gasteiger partial charge on any atom is -0.493 e. The van der Waals surface area contributed by atoms with E-state index in [1.54, 1.807) is 7.11 Å². The summed E-state index contributed by atoms with van der Waals surface area (Å²) in [5, 5.41) is 3.04. The number of rotatable bonds is 5. The van der Waals surface area contributed by atoms with Gasteiger partial charge in [-0.25, -0.2) is 0 Å². The maximum absolute atomic E-state index is 12.3. The highest BCUT2D eigenvalue weighted by atomic mass is 16.5. The molecule has 0 spiro atoms. The molecule has 1 amide bonds. The van der Waals surface area contributed by atoms with Gasteiger partial charge in [-0.1, -0.05) is 36.4 Å². The van der Waals surface area contributed by atoms with Crippen LogP contribution >= 0.6 is 0 Å². The topological polar surface area (TPSA) is 47.6 Å². The summed E-state index contributed by atoms with van der Waals surface area (Å²) in [6.45, 7) is 0.639. The summed E-state index contributed by atoms with van der Waals surface area (Å²) in [5.41, 5.74) is 3.04. The number of carbonyl (C=O) groups excluding carboxylic acids is 1. The van der Waals surface area contributed by atoms with Crippen molar-refractivity contribution < 1.29 is 14.3 Å². The van der Waals surface area contributed by atoms with Crippen molar-refractivity contribution in [2.45, 2.75) is 44.1 Å². The van der Waals surface area contributed by atoms with Crippen molar-refractivity contribution in [3.8, 4) is 11.5 Å². The Balaban J connectivity index is 1.56. The van der Waals surface area contributed by atoms with Gasteiger partial charge in [0, 0.05) is 18.0 Å². The molecule has 28 heavy (non-hydrogen) atoms. The van der Waals surface area contributed by atoms with E-state index in [0.717, 1.165) is 41.9 Å². The van der Waals surface area contributed by atoms with E-state index in [2.05, 4.69) is 17.4 Å². The van der Waals surface area contributed by atoms with Crippen LogP contribution < -0.4 is 14.8 Å². The summed E-state index contributed by atoms with van der Waals surface area (Å²) >= 11 is 0. The Morgan fingerprint density at radius 3 is 2.57 bits per heavy atom. The van der Waals surface area contributed by atoms with E-state index in [-0.39, 0.29) is 17.9 Å². The quantitative estimate of drug-likeness (QED) is 0.768. The molecule has 146 valence electrons. The van der Waals surface area contributed by atoms with Crippen LogP contribution in [0.1, 0.15) is 49.1 Å². The molecule has 4 nitrogen and oxygen atoms in total. The van der Waals surface area contributed by atoms with Gasteiger partial charge in [0.25, 0.3) is 0 Å². The average Bonchev–Trinajstić information content (AvgIpc) is 3.23. The zero-order chi connectivity index (χ0) is 19.3. The fourth-order valence-electron chi connectivity index (χ4n) is 4.10. The summed E-state index contributed by atoms with van der Waals surface area (Å²) in [6, 6.07) is 16.2. The van der Waals surface area contributed by atoms with Crippen LogP contribution in [0.3, 0.4) is 0 Å². The molecule has 1 aliphatic heterocycles. The Labute approximate surface area is 166 Å². The number of amides is 1. The second-order valence-electron chi connectivity index (χ2n) is 7.63. The van der Waals surface area contributed by atoms with Crippen LogP contribution in [0.4, 0.5) is 0 Å². The molecule has 0 radical (unpaired) electrons. The smallest absolute Gasteiger partial charge is 0.247 e. The fourth-order valence-corrected chi connectivity index (χ4v) is 4.10. The van der Waals surface area contributed by atoms with Gasteiger partial charge in [-0.15, -0.1) is 0 Å². The maximum atomic E-state index is 12.3. The van der Waals surface area contributed by atoms with Gasteiger partial charge in [-0.2, -0.15) is 0 Å². The van der Waals surface area contributed by atoms with Crippen molar-refractivity contribution in [1.29, 1.82) is 0 Å². The molecule has 1 heterocycles. The number of carbonyl (C=O) groups is 1. The molecule has 1 N–H and O–H groups in total. The highest BCUT2D eigenvalue weighted by molar-refractivity contribution is 5.98. The van der Waals surface area contributed by atoms with E-state index in [4.69, 9.17) is 9.47 Å². The van der Waals surface area contributed by atoms with Crippen molar-refractivity contribution >= 4 is 12.0 Å². The van der Waals surface area contributed by atoms with Gasteiger partial charge >= 0.3 is 0 Å². The first-order chi connectivity index (χ1) is 13.7. The SMILES string of the molecule is COc1ccc(C2CNC(=O)C(=Cc3ccccc3)C2)cc1OC1CCCC1. The maximum Gasteiger partial charge on any atom is 0.247 e. The van der Waals surface area contributed by atoms with Crippen LogP contribution in [0.5, 0.6) is 11.5 Å². The predicted octanol–water partition coefficient (Wildman–Crippen LogP) is 4.70. The fraction of sp³-hybridized carbons (Fsp3) is 0.375. The number of methoxy groups -OCH3 is 1. The minimum absolute atomic E-state index is 0.0241. The van der Waals surface area contributed by atoms with Gasteiger partial charge in [0.05, 0.1) is 13.2 Å². The first kappa shape index (κ1) is 18.6. The zero-order valence-corrected chi connectivity index (χ0v) is 16.3. The third-order valence-electron chi connectivity index (χ3n) is 5.66. The summed E-state index contributed by atoms with van der Waals surface area (Å²) in [4.78, 5) is 12.3. The van der Waals surface area contributed by atoms with E-state index < -0.39 is 0 Å². The van der Waals surface area contributed by atoms with E-state index in [0.29, 0.717) is 6.54 Å². The number of hydrogen-bond acceptors (Lipinski definition) is 3. The van der Waals surface area contributed by atoms with Gasteiger partial charge in [0.2, 0.25) is 5.91 Å². The van der Waals surface area contributed by atoms with E-state index in [1.165, 1.54) is 18.4 Å². The van der Waals surface area contributed by atoms with Crippen molar-refractivity contribution in [3.05, 3.63) is 65.2 Å². The van der Waals surface area contributed by atoms with Crippen LogP contribution in [-0.4, -0.2) is 25.7 Å². The third-order valence-corrected chi connectivity index (χ3v) is 5.66. The van der Waals surface area contributed by atoms with Crippen LogP contribution in [0.25, 0.3) is 6.08 Å². The summed E-state index contributed by atoms with van der Waals surface area (Å²) in [5.74, 6) is 1.84. The van der Waals surface area contributed by atoms with Crippen LogP contribution in [-0.2, 0) is 4.79 Å². The number of hydrogen-bond donors (Lipinski definition) is 1. The van der Waals surface area contributed by atoms with E-state index >= 15 is 0 Å². The molecule has 2 aliphatic rings. The van der Waals surface area contributed by atoms with Crippen LogP contribution in [0.2, 0.25) is 0 Å². The highest BCUT2D eigenvalue weighted by Gasteiger charge is 2.26. The Hall–Kier alpha value is -2.75. The van der Waals surface area contributed by atoms with Gasteiger partial charge in [-0.05, 0) is 61.4 Å². The molecule has 0 aromatic heterocycles. The van der Waals surface area contributed by atoms with E-state index in [9.17, 15) is 4.79 Å². The molecule has 0 bridgehead atoms. The first-order valence-electron chi connectivity index (χ1n) is 10.1. The monoisotopic (exact) mass is 377 g/mol. The lowest BCUT2D eigenvalue weighted by Gasteiger charge is -2.26. The Bertz CT molecular complexity index is 853. The molecule has 2 fully saturated rings. The molecule has 1 aliphatic carbocycles. The summed E-state index contributed by atoms with van der Waals surface area (Å²) in [6.07, 6.45) is 7.66. The molecular weight excluding hydrogens is 350 g/mol. The molecular formula is C24H27NO3. The Morgan fingerprint density at radius 1 is 1.04 bits per heavy atom. The lowest BCUT2D eigenvalue weighted by atomic mass is 9.87.